The fourth-order valence-electron chi connectivity index (χ4n) is 5.43. The molecular formula is C33H32F16N6O15. The maximum Gasteiger partial charge on any atom is 0.410 e. The first-order valence-corrected chi connectivity index (χ1v) is 18.4. The number of nitrogens with zero attached hydrogens (tertiary/aromatic N) is 6. The molecular weight excluding hydrogens is 1020 g/mol. The van der Waals surface area contributed by atoms with Gasteiger partial charge in [0, 0.05) is 13.1 Å². The molecule has 2 heterocycles. The van der Waals surface area contributed by atoms with Gasteiger partial charge in [-0.3, -0.25) is 9.59 Å². The summed E-state index contributed by atoms with van der Waals surface area (Å²) in [6.07, 6.45) is -0.369. The Balaban J connectivity index is 2.39. The van der Waals surface area contributed by atoms with Gasteiger partial charge < -0.3 is 24.1 Å². The third-order valence-electron chi connectivity index (χ3n) is 9.30. The van der Waals surface area contributed by atoms with Crippen molar-refractivity contribution in [2.75, 3.05) is 34.0 Å². The van der Waals surface area contributed by atoms with Gasteiger partial charge in [-0.05, 0) is 0 Å². The first-order valence-electron chi connectivity index (χ1n) is 18.4. The SMILES string of the molecule is C=CCn1c(=O)n(CCC(=O)OC)c(=O)n(CCC(=O)OCCn2c(=O)n(CCO)c(=O)n(CCOC(=O)C(F)(F)C(F)(F)C(F)(F)C(F)(F)C(F)(F)C(F)(F)C(F)(F)C(F)(F)C(=O)OC)c2=O)c1=O. The number of esters is 4. The van der Waals surface area contributed by atoms with Crippen LogP contribution in [-0.2, 0) is 77.4 Å². The Bertz CT molecular complexity index is 2710. The van der Waals surface area contributed by atoms with Crippen molar-refractivity contribution in [3.63, 3.8) is 0 Å². The van der Waals surface area contributed by atoms with Crippen molar-refractivity contribution >= 4 is 23.9 Å². The number of alkyl halides is 16. The average Bonchev–Trinajstić information content (AvgIpc) is 3.27. The molecule has 37 heteroatoms. The van der Waals surface area contributed by atoms with E-state index in [1.165, 1.54) is 0 Å². The Morgan fingerprint density at radius 3 is 1.13 bits per heavy atom. The van der Waals surface area contributed by atoms with Gasteiger partial charge in [0.2, 0.25) is 0 Å². The molecule has 0 spiro atoms. The number of rotatable bonds is 25. The van der Waals surface area contributed by atoms with Gasteiger partial charge in [0.25, 0.3) is 0 Å². The quantitative estimate of drug-likeness (QED) is 0.0586. The van der Waals surface area contributed by atoms with Gasteiger partial charge in [0.05, 0.1) is 59.8 Å². The van der Waals surface area contributed by atoms with E-state index in [4.69, 9.17) is 4.74 Å². The zero-order chi connectivity index (χ0) is 54.6. The lowest BCUT2D eigenvalue weighted by molar-refractivity contribution is -0.449. The average molecular weight is 1060 g/mol. The summed E-state index contributed by atoms with van der Waals surface area (Å²) < 4.78 is 242. The van der Waals surface area contributed by atoms with E-state index < -0.39 is 177 Å². The third-order valence-corrected chi connectivity index (χ3v) is 9.30. The van der Waals surface area contributed by atoms with E-state index in [9.17, 15) is 123 Å². The molecule has 0 aliphatic carbocycles. The summed E-state index contributed by atoms with van der Waals surface area (Å²) in [5, 5.41) is 9.27. The highest BCUT2D eigenvalue weighted by atomic mass is 19.4. The molecule has 1 N–H and O–H groups in total. The molecule has 0 atom stereocenters. The van der Waals surface area contributed by atoms with Crippen LogP contribution in [0.25, 0.3) is 0 Å². The molecule has 0 aliphatic rings. The molecule has 0 aliphatic heterocycles. The maximum atomic E-state index is 14.5. The van der Waals surface area contributed by atoms with Crippen LogP contribution in [0.3, 0.4) is 0 Å². The number of methoxy groups -OCH3 is 2. The van der Waals surface area contributed by atoms with Crippen LogP contribution in [-0.4, -0.2) is 138 Å². The van der Waals surface area contributed by atoms with E-state index in [2.05, 4.69) is 20.8 Å². The first kappa shape index (κ1) is 59.4. The molecule has 2 aromatic heterocycles. The van der Waals surface area contributed by atoms with Crippen LogP contribution in [0, 0.1) is 0 Å². The predicted octanol–water partition coefficient (Wildman–Crippen LogP) is -0.170. The Labute approximate surface area is 374 Å². The summed E-state index contributed by atoms with van der Waals surface area (Å²) in [7, 11) is 0.677. The minimum atomic E-state index is -9.00. The van der Waals surface area contributed by atoms with Crippen molar-refractivity contribution in [3.05, 3.63) is 75.6 Å². The Morgan fingerprint density at radius 2 is 0.771 bits per heavy atom. The molecule has 0 amide bonds. The lowest BCUT2D eigenvalue weighted by Crippen LogP contribution is -2.75. The number of carbonyl (C=O) groups excluding carboxylic acids is 4. The molecule has 0 aromatic carbocycles. The molecule has 0 radical (unpaired) electrons. The number of hydrogen-bond donors (Lipinski definition) is 1. The molecule has 2 aromatic rings. The maximum absolute atomic E-state index is 14.5. The second-order valence-corrected chi connectivity index (χ2v) is 13.6. The highest BCUT2D eigenvalue weighted by Gasteiger charge is 2.96. The summed E-state index contributed by atoms with van der Waals surface area (Å²) in [5.74, 6) is -77.6. The van der Waals surface area contributed by atoms with E-state index in [0.29, 0.717) is 13.7 Å². The zero-order valence-corrected chi connectivity index (χ0v) is 35.0. The van der Waals surface area contributed by atoms with Crippen molar-refractivity contribution in [1.29, 1.82) is 0 Å². The summed E-state index contributed by atoms with van der Waals surface area (Å²) in [6.45, 7) is -6.93. The number of hydrogen-bond acceptors (Lipinski definition) is 15. The van der Waals surface area contributed by atoms with Crippen molar-refractivity contribution in [3.8, 4) is 0 Å². The van der Waals surface area contributed by atoms with E-state index in [-0.39, 0.29) is 20.8 Å². The summed E-state index contributed by atoms with van der Waals surface area (Å²) in [6, 6.07) is 0. The fraction of sp³-hybridized carbons (Fsp3) is 0.636. The lowest BCUT2D eigenvalue weighted by atomic mass is 9.87. The van der Waals surface area contributed by atoms with Gasteiger partial charge >= 0.3 is 105 Å². The number of aromatic nitrogens is 6. The topological polar surface area (TPSA) is 257 Å². The van der Waals surface area contributed by atoms with Crippen LogP contribution in [0.2, 0.25) is 0 Å². The summed E-state index contributed by atoms with van der Waals surface area (Å²) in [4.78, 5) is 124. The van der Waals surface area contributed by atoms with Crippen LogP contribution < -0.4 is 34.1 Å². The molecule has 0 unspecified atom stereocenters. The van der Waals surface area contributed by atoms with Crippen molar-refractivity contribution < 1.29 is 113 Å². The van der Waals surface area contributed by atoms with Crippen molar-refractivity contribution in [2.45, 2.75) is 99.5 Å². The number of carbonyl (C=O) groups is 4. The summed E-state index contributed by atoms with van der Waals surface area (Å²) in [5.41, 5.74) is -9.29. The fourth-order valence-corrected chi connectivity index (χ4v) is 5.43. The molecule has 21 nitrogen and oxygen atoms in total. The minimum absolute atomic E-state index is 0.0618. The van der Waals surface area contributed by atoms with Gasteiger partial charge in [-0.15, -0.1) is 6.58 Å². The molecule has 0 bridgehead atoms. The van der Waals surface area contributed by atoms with Gasteiger partial charge in [0.1, 0.15) is 13.2 Å². The molecule has 396 valence electrons. The number of aliphatic hydroxyl groups excluding tert-OH is 1. The molecule has 0 saturated carbocycles. The van der Waals surface area contributed by atoms with Crippen molar-refractivity contribution in [2.24, 2.45) is 0 Å². The van der Waals surface area contributed by atoms with Gasteiger partial charge in [-0.2, -0.15) is 70.2 Å². The van der Waals surface area contributed by atoms with Crippen LogP contribution >= 0.6 is 0 Å². The van der Waals surface area contributed by atoms with E-state index in [1.54, 1.807) is 0 Å². The Kier molecular flexibility index (Phi) is 17.9. The zero-order valence-electron chi connectivity index (χ0n) is 35.0. The van der Waals surface area contributed by atoms with E-state index in [0.717, 1.165) is 13.2 Å². The largest absolute Gasteiger partial charge is 0.469 e. The van der Waals surface area contributed by atoms with Gasteiger partial charge in [-0.25, -0.2) is 65.8 Å². The molecule has 0 fully saturated rings. The smallest absolute Gasteiger partial charge is 0.410 e. The Morgan fingerprint density at radius 1 is 0.457 bits per heavy atom. The van der Waals surface area contributed by atoms with Gasteiger partial charge in [0.15, 0.2) is 0 Å². The number of aliphatic hydroxyl groups is 1. The van der Waals surface area contributed by atoms with Crippen LogP contribution in [0.1, 0.15) is 12.8 Å². The Hall–Kier alpha value is -6.72. The highest BCUT2D eigenvalue weighted by molar-refractivity contribution is 5.80. The molecule has 70 heavy (non-hydrogen) atoms. The van der Waals surface area contributed by atoms with E-state index >= 15 is 0 Å². The van der Waals surface area contributed by atoms with E-state index in [1.807, 2.05) is 0 Å². The lowest BCUT2D eigenvalue weighted by Gasteiger charge is -2.42. The van der Waals surface area contributed by atoms with Crippen LogP contribution in [0.15, 0.2) is 41.4 Å². The normalized spacial score (nSPS) is 13.2. The van der Waals surface area contributed by atoms with Crippen LogP contribution in [0.5, 0.6) is 0 Å². The first-order chi connectivity index (χ1) is 31.8. The third kappa shape index (κ3) is 10.1. The second kappa shape index (κ2) is 21.1. The second-order valence-electron chi connectivity index (χ2n) is 13.6. The van der Waals surface area contributed by atoms with Crippen LogP contribution in [0.4, 0.5) is 70.2 Å². The molecule has 2 rings (SSSR count). The number of ether oxygens (including phenoxy) is 4. The monoisotopic (exact) mass is 1060 g/mol. The van der Waals surface area contributed by atoms with Gasteiger partial charge in [-0.1, -0.05) is 6.08 Å². The molecule has 0 saturated heterocycles. The van der Waals surface area contributed by atoms with Crippen molar-refractivity contribution in [1.82, 2.24) is 27.4 Å². The number of allylic oxidation sites excluding steroid dienone is 1. The highest BCUT2D eigenvalue weighted by Crippen LogP contribution is 2.64. The number of halogens is 16. The minimum Gasteiger partial charge on any atom is -0.469 e. The summed E-state index contributed by atoms with van der Waals surface area (Å²) >= 11 is 0. The predicted molar refractivity (Wildman–Crippen MR) is 190 cm³/mol. The standard InChI is InChI=1S/C33H32F16N6O15/c1-4-7-50-20(61)51(8-5-16(57)67-2)22(63)52(21(50)62)9-6-17(58)69-14-11-54-23(64)53(10-13-56)24(65)55(25(54)66)12-15-70-19(60)27(36,37)29(40,41)31(44,45)33(48,49)32(46,47)30(42,43)28(38,39)26(34,35)18(59)68-3/h4,56H,1,5-15H2,2-3H3.